The molecule has 116 valence electrons. The lowest BCUT2D eigenvalue weighted by molar-refractivity contribution is 0.250. The summed E-state index contributed by atoms with van der Waals surface area (Å²) in [5.41, 5.74) is 0. The first kappa shape index (κ1) is 19.5. The molecule has 0 amide bonds. The van der Waals surface area contributed by atoms with Crippen molar-refractivity contribution in [2.24, 2.45) is 0 Å². The highest BCUT2D eigenvalue weighted by atomic mass is 28.4. The molecular weight excluding hydrogens is 292 g/mol. The Bertz CT molecular complexity index is 229. The van der Waals surface area contributed by atoms with Gasteiger partial charge in [0.1, 0.15) is 0 Å². The van der Waals surface area contributed by atoms with Gasteiger partial charge >= 0.3 is 17.1 Å². The molecule has 0 radical (unpaired) electrons. The fourth-order valence-corrected chi connectivity index (χ4v) is 12.3. The molecule has 4 nitrogen and oxygen atoms in total. The summed E-state index contributed by atoms with van der Waals surface area (Å²) < 4.78 is 22.3. The van der Waals surface area contributed by atoms with Gasteiger partial charge in [-0.3, -0.25) is 0 Å². The molecule has 0 atom stereocenters. The third-order valence-electron chi connectivity index (χ3n) is 4.24. The van der Waals surface area contributed by atoms with Gasteiger partial charge in [-0.25, -0.2) is 0 Å². The smallest absolute Gasteiger partial charge is 0.334 e. The first-order chi connectivity index (χ1) is 8.66. The topological polar surface area (TPSA) is 36.9 Å². The van der Waals surface area contributed by atoms with E-state index in [1.54, 1.807) is 28.4 Å². The van der Waals surface area contributed by atoms with Crippen LogP contribution in [-0.4, -0.2) is 53.6 Å². The molecule has 0 aromatic carbocycles. The standard InChI is InChI=1S/C12H32O4Si3/c1-13-18(7,14-2)11-9-17(5,6)10-12-19(8,15-3)16-4/h9-12H2,1-8H3. The van der Waals surface area contributed by atoms with E-state index < -0.39 is 25.2 Å². The van der Waals surface area contributed by atoms with Crippen molar-refractivity contribution in [3.05, 3.63) is 0 Å². The quantitative estimate of drug-likeness (QED) is 0.577. The average Bonchev–Trinajstić information content (AvgIpc) is 2.42. The largest absolute Gasteiger partial charge is 0.398 e. The van der Waals surface area contributed by atoms with Crippen LogP contribution in [0.2, 0.25) is 50.4 Å². The highest BCUT2D eigenvalue weighted by Gasteiger charge is 2.35. The van der Waals surface area contributed by atoms with E-state index in [1.165, 1.54) is 12.1 Å². The average molecular weight is 325 g/mol. The Labute approximate surface area is 122 Å². The Kier molecular flexibility index (Phi) is 8.27. The second-order valence-electron chi connectivity index (χ2n) is 6.25. The predicted octanol–water partition coefficient (Wildman–Crippen LogP) is 3.42. The molecule has 0 unspecified atom stereocenters. The minimum atomic E-state index is -1.92. The molecule has 7 heteroatoms. The molecule has 0 N–H and O–H groups in total. The van der Waals surface area contributed by atoms with Gasteiger partial charge in [-0.05, 0) is 25.2 Å². The van der Waals surface area contributed by atoms with E-state index in [-0.39, 0.29) is 0 Å². The Morgan fingerprint density at radius 2 is 0.789 bits per heavy atom. The van der Waals surface area contributed by atoms with Gasteiger partial charge in [-0.2, -0.15) is 0 Å². The van der Waals surface area contributed by atoms with Crippen molar-refractivity contribution >= 4 is 25.2 Å². The van der Waals surface area contributed by atoms with E-state index in [0.29, 0.717) is 0 Å². The fraction of sp³-hybridized carbons (Fsp3) is 1.00. The summed E-state index contributed by atoms with van der Waals surface area (Å²) in [6, 6.07) is 4.65. The van der Waals surface area contributed by atoms with Crippen LogP contribution in [0.4, 0.5) is 0 Å². The summed E-state index contributed by atoms with van der Waals surface area (Å²) in [7, 11) is 2.00. The highest BCUT2D eigenvalue weighted by Crippen LogP contribution is 2.28. The molecule has 0 bridgehead atoms. The summed E-state index contributed by atoms with van der Waals surface area (Å²) >= 11 is 0. The SMILES string of the molecule is CO[Si](C)(CC[Si](C)(C)CC[Si](C)(OC)OC)OC. The summed E-state index contributed by atoms with van der Waals surface area (Å²) in [5.74, 6) is 0. The van der Waals surface area contributed by atoms with Crippen molar-refractivity contribution in [2.45, 2.75) is 50.4 Å². The van der Waals surface area contributed by atoms with Gasteiger partial charge in [0, 0.05) is 36.5 Å². The van der Waals surface area contributed by atoms with Crippen LogP contribution in [0.1, 0.15) is 0 Å². The van der Waals surface area contributed by atoms with E-state index in [2.05, 4.69) is 26.2 Å². The van der Waals surface area contributed by atoms with E-state index in [1.807, 2.05) is 0 Å². The fourth-order valence-electron chi connectivity index (χ4n) is 1.83. The Morgan fingerprint density at radius 1 is 0.526 bits per heavy atom. The van der Waals surface area contributed by atoms with Crippen LogP contribution in [0.3, 0.4) is 0 Å². The van der Waals surface area contributed by atoms with Gasteiger partial charge in [0.15, 0.2) is 0 Å². The van der Waals surface area contributed by atoms with Crippen LogP contribution in [0, 0.1) is 0 Å². The lowest BCUT2D eigenvalue weighted by Crippen LogP contribution is -2.41. The third kappa shape index (κ3) is 7.17. The van der Waals surface area contributed by atoms with Crippen LogP contribution in [0.25, 0.3) is 0 Å². The van der Waals surface area contributed by atoms with Crippen molar-refractivity contribution in [3.63, 3.8) is 0 Å². The van der Waals surface area contributed by atoms with Crippen LogP contribution in [0.5, 0.6) is 0 Å². The molecule has 0 saturated heterocycles. The molecular formula is C12H32O4Si3. The maximum absolute atomic E-state index is 5.57. The molecule has 0 aliphatic carbocycles. The van der Waals surface area contributed by atoms with Gasteiger partial charge in [-0.15, -0.1) is 0 Å². The van der Waals surface area contributed by atoms with Crippen molar-refractivity contribution in [1.82, 2.24) is 0 Å². The molecule has 0 fully saturated rings. The second-order valence-corrected chi connectivity index (χ2v) is 18.7. The summed E-state index contributed by atoms with van der Waals surface area (Å²) in [6.07, 6.45) is 0. The van der Waals surface area contributed by atoms with Crippen molar-refractivity contribution in [1.29, 1.82) is 0 Å². The van der Waals surface area contributed by atoms with Crippen molar-refractivity contribution < 1.29 is 17.7 Å². The van der Waals surface area contributed by atoms with E-state index in [0.717, 1.165) is 12.1 Å². The zero-order chi connectivity index (χ0) is 15.2. The third-order valence-corrected chi connectivity index (χ3v) is 14.2. The van der Waals surface area contributed by atoms with Crippen LogP contribution < -0.4 is 0 Å². The van der Waals surface area contributed by atoms with E-state index in [9.17, 15) is 0 Å². The van der Waals surface area contributed by atoms with Crippen LogP contribution in [0.15, 0.2) is 0 Å². The van der Waals surface area contributed by atoms with Crippen molar-refractivity contribution in [3.8, 4) is 0 Å². The molecule has 0 aromatic heterocycles. The van der Waals surface area contributed by atoms with Crippen LogP contribution >= 0.6 is 0 Å². The first-order valence-corrected chi connectivity index (χ1v) is 15.3. The number of hydrogen-bond acceptors (Lipinski definition) is 4. The lowest BCUT2D eigenvalue weighted by Gasteiger charge is -2.31. The van der Waals surface area contributed by atoms with Crippen LogP contribution in [-0.2, 0) is 17.7 Å². The van der Waals surface area contributed by atoms with Gasteiger partial charge in [-0.1, -0.05) is 25.2 Å². The minimum Gasteiger partial charge on any atom is -0.398 e. The van der Waals surface area contributed by atoms with E-state index >= 15 is 0 Å². The molecule has 0 aromatic rings. The maximum Gasteiger partial charge on any atom is 0.334 e. The lowest BCUT2D eigenvalue weighted by atomic mass is 10.9. The van der Waals surface area contributed by atoms with E-state index in [4.69, 9.17) is 17.7 Å². The molecule has 0 aliphatic rings. The Balaban J connectivity index is 4.33. The summed E-state index contributed by atoms with van der Waals surface area (Å²) in [6.45, 7) is 9.15. The first-order valence-electron chi connectivity index (χ1n) is 6.86. The molecule has 0 saturated carbocycles. The highest BCUT2D eigenvalue weighted by molar-refractivity contribution is 6.81. The molecule has 19 heavy (non-hydrogen) atoms. The second kappa shape index (κ2) is 8.06. The van der Waals surface area contributed by atoms with Gasteiger partial charge in [0.05, 0.1) is 0 Å². The summed E-state index contributed by atoms with van der Waals surface area (Å²) in [5, 5.41) is 0. The molecule has 0 aliphatic heterocycles. The molecule has 0 rings (SSSR count). The number of rotatable bonds is 10. The zero-order valence-corrected chi connectivity index (χ0v) is 17.0. The normalized spacial score (nSPS) is 13.9. The number of hydrogen-bond donors (Lipinski definition) is 0. The minimum absolute atomic E-state index is 1.08. The van der Waals surface area contributed by atoms with Gasteiger partial charge in [0.25, 0.3) is 0 Å². The maximum atomic E-state index is 5.57. The molecule has 0 heterocycles. The summed E-state index contributed by atoms with van der Waals surface area (Å²) in [4.78, 5) is 0. The Morgan fingerprint density at radius 3 is 1.00 bits per heavy atom. The van der Waals surface area contributed by atoms with Crippen molar-refractivity contribution in [2.75, 3.05) is 28.4 Å². The van der Waals surface area contributed by atoms with Gasteiger partial charge < -0.3 is 17.7 Å². The Hall–Kier alpha value is 0.491. The van der Waals surface area contributed by atoms with Gasteiger partial charge in [0.2, 0.25) is 0 Å². The monoisotopic (exact) mass is 324 g/mol. The zero-order valence-electron chi connectivity index (χ0n) is 14.0. The molecule has 0 spiro atoms. The predicted molar refractivity (Wildman–Crippen MR) is 88.0 cm³/mol.